The molecule has 1 heterocycles. The summed E-state index contributed by atoms with van der Waals surface area (Å²) in [5.74, 6) is 1.99. The number of nitrogens with one attached hydrogen (secondary N) is 1. The van der Waals surface area contributed by atoms with Crippen molar-refractivity contribution in [2.24, 2.45) is 0 Å². The van der Waals surface area contributed by atoms with Crippen LogP contribution < -0.4 is 5.32 Å². The van der Waals surface area contributed by atoms with Crippen molar-refractivity contribution in [3.05, 3.63) is 0 Å². The monoisotopic (exact) mass is 238 g/mol. The van der Waals surface area contributed by atoms with Crippen LogP contribution in [0.1, 0.15) is 13.3 Å². The highest BCUT2D eigenvalue weighted by atomic mass is 35.5. The second-order valence-corrected chi connectivity index (χ2v) is 4.47. The third kappa shape index (κ3) is 4.07. The van der Waals surface area contributed by atoms with Gasteiger partial charge in [-0.25, -0.2) is 0 Å². The summed E-state index contributed by atoms with van der Waals surface area (Å²) < 4.78 is 0. The highest BCUT2D eigenvalue weighted by Gasteiger charge is 2.24. The van der Waals surface area contributed by atoms with Gasteiger partial charge in [0.1, 0.15) is 0 Å². The first-order valence-corrected chi connectivity index (χ1v) is 5.95. The third-order valence-corrected chi connectivity index (χ3v) is 3.42. The summed E-state index contributed by atoms with van der Waals surface area (Å²) in [6.45, 7) is 4.05. The van der Waals surface area contributed by atoms with Crippen LogP contribution in [0.15, 0.2) is 0 Å². The van der Waals surface area contributed by atoms with Crippen molar-refractivity contribution in [1.29, 1.82) is 0 Å². The van der Waals surface area contributed by atoms with Gasteiger partial charge in [0.05, 0.1) is 11.8 Å². The van der Waals surface area contributed by atoms with Gasteiger partial charge in [-0.15, -0.1) is 12.4 Å². The molecule has 0 spiro atoms. The Morgan fingerprint density at radius 3 is 2.64 bits per heavy atom. The zero-order chi connectivity index (χ0) is 9.68. The maximum atomic E-state index is 11.5. The average molecular weight is 239 g/mol. The van der Waals surface area contributed by atoms with Gasteiger partial charge in [0, 0.05) is 20.1 Å². The van der Waals surface area contributed by atoms with Crippen LogP contribution in [0.2, 0.25) is 0 Å². The second kappa shape index (κ2) is 7.37. The van der Waals surface area contributed by atoms with Gasteiger partial charge in [-0.3, -0.25) is 4.79 Å². The first-order chi connectivity index (χ1) is 6.25. The SMILES string of the molecule is CCCSCC(=O)N(C)C1CNC1.Cl. The molecule has 1 fully saturated rings. The van der Waals surface area contributed by atoms with Gasteiger partial charge in [-0.2, -0.15) is 11.8 Å². The number of likely N-dealkylation sites (N-methyl/N-ethyl adjacent to an activating group) is 1. The van der Waals surface area contributed by atoms with E-state index in [1.54, 1.807) is 11.8 Å². The Morgan fingerprint density at radius 2 is 2.21 bits per heavy atom. The molecule has 3 nitrogen and oxygen atoms in total. The minimum atomic E-state index is 0. The van der Waals surface area contributed by atoms with Gasteiger partial charge in [0.15, 0.2) is 0 Å². The molecular weight excluding hydrogens is 220 g/mol. The van der Waals surface area contributed by atoms with E-state index < -0.39 is 0 Å². The fraction of sp³-hybridized carbons (Fsp3) is 0.889. The fourth-order valence-electron chi connectivity index (χ4n) is 1.16. The van der Waals surface area contributed by atoms with Gasteiger partial charge in [0.2, 0.25) is 5.91 Å². The zero-order valence-electron chi connectivity index (χ0n) is 8.78. The smallest absolute Gasteiger partial charge is 0.232 e. The minimum absolute atomic E-state index is 0. The molecule has 0 aromatic rings. The number of thioether (sulfide) groups is 1. The van der Waals surface area contributed by atoms with Crippen molar-refractivity contribution in [1.82, 2.24) is 10.2 Å². The molecule has 5 heteroatoms. The molecule has 0 saturated carbocycles. The number of halogens is 1. The third-order valence-electron chi connectivity index (χ3n) is 2.28. The molecule has 0 aromatic heterocycles. The maximum absolute atomic E-state index is 11.5. The van der Waals surface area contributed by atoms with Gasteiger partial charge in [-0.1, -0.05) is 6.92 Å². The first-order valence-electron chi connectivity index (χ1n) is 4.79. The Kier molecular flexibility index (Phi) is 7.41. The lowest BCUT2D eigenvalue weighted by molar-refractivity contribution is -0.129. The predicted octanol–water partition coefficient (Wildman–Crippen LogP) is 0.982. The molecule has 14 heavy (non-hydrogen) atoms. The molecule has 1 aliphatic heterocycles. The summed E-state index contributed by atoms with van der Waals surface area (Å²) in [4.78, 5) is 13.4. The lowest BCUT2D eigenvalue weighted by Crippen LogP contribution is -2.57. The summed E-state index contributed by atoms with van der Waals surface area (Å²) in [7, 11) is 1.90. The van der Waals surface area contributed by atoms with Crippen LogP contribution >= 0.6 is 24.2 Å². The van der Waals surface area contributed by atoms with Crippen molar-refractivity contribution in [3.63, 3.8) is 0 Å². The van der Waals surface area contributed by atoms with E-state index in [-0.39, 0.29) is 18.3 Å². The van der Waals surface area contributed by atoms with E-state index in [9.17, 15) is 4.79 Å². The highest BCUT2D eigenvalue weighted by molar-refractivity contribution is 7.99. The molecule has 1 aliphatic rings. The van der Waals surface area contributed by atoms with Crippen molar-refractivity contribution >= 4 is 30.1 Å². The average Bonchev–Trinajstić information content (AvgIpc) is 2.01. The highest BCUT2D eigenvalue weighted by Crippen LogP contribution is 2.07. The zero-order valence-corrected chi connectivity index (χ0v) is 10.4. The summed E-state index contributed by atoms with van der Waals surface area (Å²) in [5.41, 5.74) is 0. The van der Waals surface area contributed by atoms with E-state index in [4.69, 9.17) is 0 Å². The van der Waals surface area contributed by atoms with Crippen molar-refractivity contribution in [3.8, 4) is 0 Å². The predicted molar refractivity (Wildman–Crippen MR) is 64.3 cm³/mol. The number of amides is 1. The van der Waals surface area contributed by atoms with Gasteiger partial charge >= 0.3 is 0 Å². The second-order valence-electron chi connectivity index (χ2n) is 3.37. The molecular formula is C9H19ClN2OS. The lowest BCUT2D eigenvalue weighted by Gasteiger charge is -2.35. The van der Waals surface area contributed by atoms with Crippen molar-refractivity contribution in [2.75, 3.05) is 31.6 Å². The molecule has 0 aromatic carbocycles. The molecule has 0 bridgehead atoms. The number of carbonyl (C=O) groups is 1. The number of hydrogen-bond donors (Lipinski definition) is 1. The summed E-state index contributed by atoms with van der Waals surface area (Å²) in [6, 6.07) is 0.440. The van der Waals surface area contributed by atoms with Gasteiger partial charge in [0.25, 0.3) is 0 Å². The largest absolute Gasteiger partial charge is 0.339 e. The molecule has 1 saturated heterocycles. The molecule has 0 radical (unpaired) electrons. The molecule has 1 N–H and O–H groups in total. The van der Waals surface area contributed by atoms with Crippen LogP contribution in [0.5, 0.6) is 0 Å². The molecule has 1 amide bonds. The van der Waals surface area contributed by atoms with E-state index >= 15 is 0 Å². The van der Waals surface area contributed by atoms with Crippen LogP contribution in [0.25, 0.3) is 0 Å². The number of carbonyl (C=O) groups excluding carboxylic acids is 1. The molecule has 84 valence electrons. The van der Waals surface area contributed by atoms with E-state index in [0.29, 0.717) is 11.8 Å². The van der Waals surface area contributed by atoms with Crippen molar-refractivity contribution < 1.29 is 4.79 Å². The first kappa shape index (κ1) is 14.1. The lowest BCUT2D eigenvalue weighted by atomic mass is 10.1. The Morgan fingerprint density at radius 1 is 1.57 bits per heavy atom. The van der Waals surface area contributed by atoms with Crippen LogP contribution in [0.4, 0.5) is 0 Å². The summed E-state index contributed by atoms with van der Waals surface area (Å²) in [5, 5.41) is 3.16. The molecule has 0 atom stereocenters. The fourth-order valence-corrected chi connectivity index (χ4v) is 1.97. The maximum Gasteiger partial charge on any atom is 0.232 e. The standard InChI is InChI=1S/C9H18N2OS.ClH/c1-3-4-13-7-9(12)11(2)8-5-10-6-8;/h8,10H,3-7H2,1-2H3;1H. The van der Waals surface area contributed by atoms with Gasteiger partial charge in [-0.05, 0) is 12.2 Å². The van der Waals surface area contributed by atoms with Crippen LogP contribution in [-0.2, 0) is 4.79 Å². The Hall–Kier alpha value is 0.0700. The quantitative estimate of drug-likeness (QED) is 0.725. The number of rotatable bonds is 5. The van der Waals surface area contributed by atoms with Crippen LogP contribution in [0, 0.1) is 0 Å². The normalized spacial score (nSPS) is 15.6. The van der Waals surface area contributed by atoms with E-state index in [0.717, 1.165) is 25.3 Å². The molecule has 1 rings (SSSR count). The van der Waals surface area contributed by atoms with E-state index in [1.807, 2.05) is 11.9 Å². The van der Waals surface area contributed by atoms with E-state index in [1.165, 1.54) is 0 Å². The van der Waals surface area contributed by atoms with Crippen molar-refractivity contribution in [2.45, 2.75) is 19.4 Å². The topological polar surface area (TPSA) is 32.3 Å². The molecule has 0 aliphatic carbocycles. The van der Waals surface area contributed by atoms with Crippen LogP contribution in [0.3, 0.4) is 0 Å². The van der Waals surface area contributed by atoms with Crippen LogP contribution in [-0.4, -0.2) is 48.5 Å². The molecule has 0 unspecified atom stereocenters. The summed E-state index contributed by atoms with van der Waals surface area (Å²) >= 11 is 1.73. The Labute approximate surface area is 96.4 Å². The minimum Gasteiger partial charge on any atom is -0.339 e. The Balaban J connectivity index is 0.00000169. The van der Waals surface area contributed by atoms with Gasteiger partial charge < -0.3 is 10.2 Å². The number of hydrogen-bond acceptors (Lipinski definition) is 3. The summed E-state index contributed by atoms with van der Waals surface area (Å²) in [6.07, 6.45) is 1.15. The number of nitrogens with zero attached hydrogens (tertiary/aromatic N) is 1. The Bertz CT molecular complexity index is 176. The van der Waals surface area contributed by atoms with E-state index in [2.05, 4.69) is 12.2 Å².